The zero-order valence-corrected chi connectivity index (χ0v) is 15.9. The molecular formula is C17H19N3O5S2. The molecule has 1 heterocycles. The van der Waals surface area contributed by atoms with Gasteiger partial charge < -0.3 is 10.4 Å². The number of hydrogen-bond acceptors (Lipinski definition) is 6. The van der Waals surface area contributed by atoms with Crippen molar-refractivity contribution >= 4 is 44.1 Å². The van der Waals surface area contributed by atoms with Gasteiger partial charge in [-0.3, -0.25) is 14.3 Å². The quantitative estimate of drug-likeness (QED) is 0.674. The molecule has 1 aromatic carbocycles. The number of aliphatic carboxylic acids is 1. The molecule has 1 aromatic heterocycles. The molecule has 1 aliphatic rings. The van der Waals surface area contributed by atoms with Crippen molar-refractivity contribution in [1.29, 1.82) is 0 Å². The summed E-state index contributed by atoms with van der Waals surface area (Å²) in [7, 11) is -3.76. The lowest BCUT2D eigenvalue weighted by molar-refractivity contribution is -0.147. The minimum atomic E-state index is -3.76. The zero-order chi connectivity index (χ0) is 19.4. The van der Waals surface area contributed by atoms with Crippen LogP contribution in [0.4, 0.5) is 10.8 Å². The van der Waals surface area contributed by atoms with E-state index in [0.717, 1.165) is 12.8 Å². The highest BCUT2D eigenvalue weighted by molar-refractivity contribution is 7.93. The minimum absolute atomic E-state index is 0.0387. The Labute approximate surface area is 160 Å². The molecule has 2 atom stereocenters. The van der Waals surface area contributed by atoms with E-state index in [-0.39, 0.29) is 15.9 Å². The summed E-state index contributed by atoms with van der Waals surface area (Å²) in [6.07, 6.45) is 4.15. The maximum atomic E-state index is 12.5. The number of hydrogen-bond donors (Lipinski definition) is 3. The number of carboxylic acids is 1. The third kappa shape index (κ3) is 4.64. The van der Waals surface area contributed by atoms with Gasteiger partial charge in [0.15, 0.2) is 5.13 Å². The number of carbonyl (C=O) groups is 2. The number of nitrogens with zero attached hydrogens (tertiary/aromatic N) is 1. The summed E-state index contributed by atoms with van der Waals surface area (Å²) in [4.78, 5) is 27.7. The second-order valence-corrected chi connectivity index (χ2v) is 8.87. The first-order valence-corrected chi connectivity index (χ1v) is 10.8. The highest BCUT2D eigenvalue weighted by Crippen LogP contribution is 2.31. The number of aromatic nitrogens is 1. The largest absolute Gasteiger partial charge is 0.481 e. The van der Waals surface area contributed by atoms with E-state index in [1.54, 1.807) is 5.38 Å². The van der Waals surface area contributed by atoms with Gasteiger partial charge in [0.25, 0.3) is 10.0 Å². The topological polar surface area (TPSA) is 125 Å². The first-order chi connectivity index (χ1) is 12.9. The van der Waals surface area contributed by atoms with Gasteiger partial charge in [-0.05, 0) is 37.1 Å². The van der Waals surface area contributed by atoms with Gasteiger partial charge in [0.1, 0.15) is 0 Å². The Balaban J connectivity index is 1.68. The van der Waals surface area contributed by atoms with Crippen LogP contribution < -0.4 is 10.0 Å². The lowest BCUT2D eigenvalue weighted by Gasteiger charge is -2.27. The Kier molecular flexibility index (Phi) is 5.76. The molecule has 1 saturated carbocycles. The molecule has 3 N–H and O–H groups in total. The summed E-state index contributed by atoms with van der Waals surface area (Å²) in [6.45, 7) is 0. The highest BCUT2D eigenvalue weighted by atomic mass is 32.2. The highest BCUT2D eigenvalue weighted by Gasteiger charge is 2.35. The molecule has 8 nitrogen and oxygen atoms in total. The van der Waals surface area contributed by atoms with Crippen molar-refractivity contribution in [2.75, 3.05) is 10.0 Å². The molecule has 10 heteroatoms. The van der Waals surface area contributed by atoms with Crippen LogP contribution in [0.5, 0.6) is 0 Å². The predicted molar refractivity (Wildman–Crippen MR) is 101 cm³/mol. The second kappa shape index (κ2) is 8.05. The van der Waals surface area contributed by atoms with Crippen LogP contribution in [-0.4, -0.2) is 30.4 Å². The average molecular weight is 409 g/mol. The molecule has 3 rings (SSSR count). The molecule has 1 amide bonds. The van der Waals surface area contributed by atoms with Gasteiger partial charge in [0.2, 0.25) is 5.91 Å². The van der Waals surface area contributed by atoms with Crippen LogP contribution in [0.25, 0.3) is 0 Å². The molecule has 27 heavy (non-hydrogen) atoms. The average Bonchev–Trinajstić information content (AvgIpc) is 3.14. The number of amides is 1. The number of thiazole rings is 1. The fraction of sp³-hybridized carbons (Fsp3) is 0.353. The van der Waals surface area contributed by atoms with E-state index in [2.05, 4.69) is 15.0 Å². The first-order valence-electron chi connectivity index (χ1n) is 8.43. The summed E-state index contributed by atoms with van der Waals surface area (Å²) in [6, 6.07) is 5.71. The van der Waals surface area contributed by atoms with E-state index in [4.69, 9.17) is 0 Å². The summed E-state index contributed by atoms with van der Waals surface area (Å²) in [5, 5.41) is 13.9. The first kappa shape index (κ1) is 19.3. The molecule has 2 aromatic rings. The van der Waals surface area contributed by atoms with E-state index in [9.17, 15) is 23.1 Å². The smallest absolute Gasteiger partial charge is 0.307 e. The number of sulfonamides is 1. The maximum Gasteiger partial charge on any atom is 0.307 e. The van der Waals surface area contributed by atoms with E-state index in [1.165, 1.54) is 41.8 Å². The van der Waals surface area contributed by atoms with Crippen LogP contribution >= 0.6 is 11.3 Å². The SMILES string of the molecule is O=C(Nc1ccc(S(=O)(=O)Nc2nccs2)cc1)[C@H]1CCCC[C@H]1C(=O)O. The van der Waals surface area contributed by atoms with E-state index < -0.39 is 27.8 Å². The Morgan fingerprint density at radius 3 is 2.37 bits per heavy atom. The van der Waals surface area contributed by atoms with Crippen LogP contribution in [0, 0.1) is 11.8 Å². The molecular weight excluding hydrogens is 390 g/mol. The van der Waals surface area contributed by atoms with E-state index in [1.807, 2.05) is 0 Å². The summed E-state index contributed by atoms with van der Waals surface area (Å²) >= 11 is 1.17. The van der Waals surface area contributed by atoms with Crippen LogP contribution in [-0.2, 0) is 19.6 Å². The van der Waals surface area contributed by atoms with Gasteiger partial charge in [0.05, 0.1) is 16.7 Å². The monoisotopic (exact) mass is 409 g/mol. The lowest BCUT2D eigenvalue weighted by Crippen LogP contribution is -2.36. The van der Waals surface area contributed by atoms with Crippen molar-refractivity contribution in [2.24, 2.45) is 11.8 Å². The standard InChI is InChI=1S/C17H19N3O5S2/c21-15(13-3-1-2-4-14(13)16(22)23)19-11-5-7-12(8-6-11)27(24,25)20-17-18-9-10-26-17/h5-10,13-14H,1-4H2,(H,18,20)(H,19,21)(H,22,23)/t13-,14+/m0/s1. The van der Waals surface area contributed by atoms with Crippen molar-refractivity contribution < 1.29 is 23.1 Å². The Hall–Kier alpha value is -2.46. The number of benzene rings is 1. The van der Waals surface area contributed by atoms with Gasteiger partial charge in [-0.1, -0.05) is 12.8 Å². The number of nitrogens with one attached hydrogen (secondary N) is 2. The number of carbonyl (C=O) groups excluding carboxylic acids is 1. The van der Waals surface area contributed by atoms with Gasteiger partial charge in [-0.2, -0.15) is 0 Å². The molecule has 144 valence electrons. The number of anilines is 2. The third-order valence-electron chi connectivity index (χ3n) is 4.51. The predicted octanol–water partition coefficient (Wildman–Crippen LogP) is 2.77. The molecule has 0 spiro atoms. The fourth-order valence-corrected chi connectivity index (χ4v) is 4.93. The zero-order valence-electron chi connectivity index (χ0n) is 14.3. The van der Waals surface area contributed by atoms with Crippen LogP contribution in [0.2, 0.25) is 0 Å². The molecule has 0 radical (unpaired) electrons. The second-order valence-electron chi connectivity index (χ2n) is 6.29. The molecule has 1 aliphatic carbocycles. The molecule has 0 bridgehead atoms. The Morgan fingerprint density at radius 1 is 1.11 bits per heavy atom. The lowest BCUT2D eigenvalue weighted by atomic mass is 9.78. The molecule has 0 aliphatic heterocycles. The Morgan fingerprint density at radius 2 is 1.78 bits per heavy atom. The van der Waals surface area contributed by atoms with Gasteiger partial charge in [0, 0.05) is 17.3 Å². The van der Waals surface area contributed by atoms with Gasteiger partial charge in [-0.25, -0.2) is 13.4 Å². The third-order valence-corrected chi connectivity index (χ3v) is 6.68. The molecule has 0 unspecified atom stereocenters. The minimum Gasteiger partial charge on any atom is -0.481 e. The van der Waals surface area contributed by atoms with E-state index >= 15 is 0 Å². The van der Waals surface area contributed by atoms with Gasteiger partial charge in [-0.15, -0.1) is 11.3 Å². The number of carboxylic acid groups (broad SMARTS) is 1. The number of rotatable bonds is 6. The van der Waals surface area contributed by atoms with Crippen LogP contribution in [0.15, 0.2) is 40.7 Å². The normalized spacial score (nSPS) is 20.0. The molecule has 1 fully saturated rings. The van der Waals surface area contributed by atoms with Crippen molar-refractivity contribution in [1.82, 2.24) is 4.98 Å². The molecule has 0 saturated heterocycles. The van der Waals surface area contributed by atoms with Crippen molar-refractivity contribution in [3.05, 3.63) is 35.8 Å². The Bertz CT molecular complexity index is 911. The summed E-state index contributed by atoms with van der Waals surface area (Å²) < 4.78 is 27.0. The van der Waals surface area contributed by atoms with E-state index in [0.29, 0.717) is 18.5 Å². The van der Waals surface area contributed by atoms with Crippen LogP contribution in [0.3, 0.4) is 0 Å². The summed E-state index contributed by atoms with van der Waals surface area (Å²) in [5.41, 5.74) is 0.419. The van der Waals surface area contributed by atoms with Crippen LogP contribution in [0.1, 0.15) is 25.7 Å². The van der Waals surface area contributed by atoms with Crippen molar-refractivity contribution in [3.8, 4) is 0 Å². The van der Waals surface area contributed by atoms with Gasteiger partial charge >= 0.3 is 5.97 Å². The van der Waals surface area contributed by atoms with Crippen molar-refractivity contribution in [2.45, 2.75) is 30.6 Å². The fourth-order valence-electron chi connectivity index (χ4n) is 3.14. The summed E-state index contributed by atoms with van der Waals surface area (Å²) in [5.74, 6) is -2.56. The maximum absolute atomic E-state index is 12.5. The van der Waals surface area contributed by atoms with Crippen molar-refractivity contribution in [3.63, 3.8) is 0 Å².